The van der Waals surface area contributed by atoms with E-state index in [9.17, 15) is 4.79 Å². The largest absolute Gasteiger partial charge is 0.481 e. The molecule has 0 aromatic carbocycles. The Balaban J connectivity index is 2.44. The van der Waals surface area contributed by atoms with Gasteiger partial charge in [0.05, 0.1) is 12.2 Å². The van der Waals surface area contributed by atoms with Gasteiger partial charge in [0, 0.05) is 5.56 Å². The second-order valence-electron chi connectivity index (χ2n) is 4.70. The average molecular weight is 258 g/mol. The van der Waals surface area contributed by atoms with Crippen LogP contribution in [0.2, 0.25) is 0 Å². The van der Waals surface area contributed by atoms with Gasteiger partial charge in [-0.15, -0.1) is 0 Å². The molecule has 0 fully saturated rings. The van der Waals surface area contributed by atoms with Crippen molar-refractivity contribution < 1.29 is 19.4 Å². The van der Waals surface area contributed by atoms with Crippen LogP contribution in [0.1, 0.15) is 36.0 Å². The molecule has 0 saturated heterocycles. The minimum atomic E-state index is -0.918. The zero-order chi connectivity index (χ0) is 13.1. The van der Waals surface area contributed by atoms with E-state index in [-0.39, 0.29) is 5.60 Å². The van der Waals surface area contributed by atoms with Gasteiger partial charge >= 0.3 is 5.97 Å². The minimum absolute atomic E-state index is 0.180. The standard InChI is InChI=1S/C12H18O4S/c1-8-7-9(10(13)14)17-11(8)15-5-6-16-12(2,3)4/h7H,5-6H2,1-4H3,(H,13,14). The number of aromatic carboxylic acids is 1. The highest BCUT2D eigenvalue weighted by Crippen LogP contribution is 2.29. The summed E-state index contributed by atoms with van der Waals surface area (Å²) in [7, 11) is 0. The van der Waals surface area contributed by atoms with E-state index in [0.717, 1.165) is 16.9 Å². The van der Waals surface area contributed by atoms with Crippen LogP contribution in [-0.2, 0) is 4.74 Å². The van der Waals surface area contributed by atoms with Crippen molar-refractivity contribution in [3.63, 3.8) is 0 Å². The van der Waals surface area contributed by atoms with Crippen LogP contribution in [0.5, 0.6) is 5.06 Å². The highest BCUT2D eigenvalue weighted by Gasteiger charge is 2.13. The van der Waals surface area contributed by atoms with Crippen molar-refractivity contribution in [2.24, 2.45) is 0 Å². The maximum Gasteiger partial charge on any atom is 0.346 e. The first kappa shape index (κ1) is 14.0. The lowest BCUT2D eigenvalue weighted by Gasteiger charge is -2.19. The molecular formula is C12H18O4S. The molecule has 0 spiro atoms. The summed E-state index contributed by atoms with van der Waals surface area (Å²) in [5.74, 6) is -0.918. The van der Waals surface area contributed by atoms with Crippen LogP contribution in [0.4, 0.5) is 0 Å². The van der Waals surface area contributed by atoms with Crippen molar-refractivity contribution in [1.82, 2.24) is 0 Å². The first-order valence-electron chi connectivity index (χ1n) is 5.40. The predicted octanol–water partition coefficient (Wildman–Crippen LogP) is 2.95. The summed E-state index contributed by atoms with van der Waals surface area (Å²) in [4.78, 5) is 11.1. The number of hydrogen-bond donors (Lipinski definition) is 1. The van der Waals surface area contributed by atoms with E-state index in [4.69, 9.17) is 14.6 Å². The lowest BCUT2D eigenvalue weighted by Crippen LogP contribution is -2.22. The predicted molar refractivity (Wildman–Crippen MR) is 67.2 cm³/mol. The quantitative estimate of drug-likeness (QED) is 0.825. The van der Waals surface area contributed by atoms with Crippen LogP contribution >= 0.6 is 11.3 Å². The number of rotatable bonds is 5. The van der Waals surface area contributed by atoms with Gasteiger partial charge in [-0.2, -0.15) is 0 Å². The molecule has 5 heteroatoms. The van der Waals surface area contributed by atoms with Gasteiger partial charge in [-0.05, 0) is 33.8 Å². The normalized spacial score (nSPS) is 11.5. The van der Waals surface area contributed by atoms with Crippen molar-refractivity contribution >= 4 is 17.3 Å². The van der Waals surface area contributed by atoms with Crippen LogP contribution in [0.25, 0.3) is 0 Å². The van der Waals surface area contributed by atoms with Crippen LogP contribution < -0.4 is 4.74 Å². The molecule has 0 atom stereocenters. The summed E-state index contributed by atoms with van der Waals surface area (Å²) in [6.45, 7) is 8.69. The molecule has 1 rings (SSSR count). The Morgan fingerprint density at radius 3 is 2.53 bits per heavy atom. The van der Waals surface area contributed by atoms with Crippen molar-refractivity contribution in [2.45, 2.75) is 33.3 Å². The van der Waals surface area contributed by atoms with Gasteiger partial charge in [-0.3, -0.25) is 0 Å². The highest BCUT2D eigenvalue weighted by atomic mass is 32.1. The lowest BCUT2D eigenvalue weighted by molar-refractivity contribution is -0.0159. The molecular weight excluding hydrogens is 240 g/mol. The second kappa shape index (κ2) is 5.51. The maximum atomic E-state index is 10.8. The maximum absolute atomic E-state index is 10.8. The fraction of sp³-hybridized carbons (Fsp3) is 0.583. The molecule has 4 nitrogen and oxygen atoms in total. The van der Waals surface area contributed by atoms with Crippen molar-refractivity contribution in [3.05, 3.63) is 16.5 Å². The summed E-state index contributed by atoms with van der Waals surface area (Å²) < 4.78 is 11.0. The number of carboxylic acid groups (broad SMARTS) is 1. The molecule has 1 heterocycles. The third-order valence-corrected chi connectivity index (χ3v) is 3.07. The van der Waals surface area contributed by atoms with E-state index in [1.54, 1.807) is 6.07 Å². The summed E-state index contributed by atoms with van der Waals surface area (Å²) >= 11 is 1.15. The van der Waals surface area contributed by atoms with Gasteiger partial charge in [0.2, 0.25) is 0 Å². The third-order valence-electron chi connectivity index (χ3n) is 1.93. The molecule has 1 aromatic rings. The molecule has 96 valence electrons. The second-order valence-corrected chi connectivity index (χ2v) is 5.71. The van der Waals surface area contributed by atoms with Crippen molar-refractivity contribution in [3.8, 4) is 5.06 Å². The molecule has 0 aliphatic rings. The van der Waals surface area contributed by atoms with Gasteiger partial charge < -0.3 is 14.6 Å². The van der Waals surface area contributed by atoms with Crippen LogP contribution in [0.15, 0.2) is 6.07 Å². The number of ether oxygens (including phenoxy) is 2. The number of carboxylic acids is 1. The number of thiophene rings is 1. The smallest absolute Gasteiger partial charge is 0.346 e. The van der Waals surface area contributed by atoms with Gasteiger partial charge in [-0.1, -0.05) is 11.3 Å². The van der Waals surface area contributed by atoms with E-state index in [1.807, 2.05) is 27.7 Å². The lowest BCUT2D eigenvalue weighted by atomic mass is 10.2. The van der Waals surface area contributed by atoms with Crippen molar-refractivity contribution in [2.75, 3.05) is 13.2 Å². The molecule has 0 radical (unpaired) electrons. The topological polar surface area (TPSA) is 55.8 Å². The molecule has 0 unspecified atom stereocenters. The van der Waals surface area contributed by atoms with Crippen LogP contribution in [0.3, 0.4) is 0 Å². The molecule has 0 aliphatic heterocycles. The molecule has 1 N–H and O–H groups in total. The minimum Gasteiger partial charge on any atom is -0.481 e. The summed E-state index contributed by atoms with van der Waals surface area (Å²) in [5.41, 5.74) is 0.670. The Morgan fingerprint density at radius 1 is 1.41 bits per heavy atom. The van der Waals surface area contributed by atoms with E-state index in [2.05, 4.69) is 0 Å². The van der Waals surface area contributed by atoms with E-state index in [1.165, 1.54) is 0 Å². The Morgan fingerprint density at radius 2 is 2.06 bits per heavy atom. The summed E-state index contributed by atoms with van der Waals surface area (Å²) in [6, 6.07) is 1.62. The van der Waals surface area contributed by atoms with Crippen LogP contribution in [0, 0.1) is 6.92 Å². The zero-order valence-electron chi connectivity index (χ0n) is 10.6. The molecule has 17 heavy (non-hydrogen) atoms. The Kier molecular flexibility index (Phi) is 4.54. The third kappa shape index (κ3) is 4.75. The average Bonchev–Trinajstić information content (AvgIpc) is 2.54. The zero-order valence-corrected chi connectivity index (χ0v) is 11.4. The van der Waals surface area contributed by atoms with Crippen molar-refractivity contribution in [1.29, 1.82) is 0 Å². The number of carbonyl (C=O) groups is 1. The van der Waals surface area contributed by atoms with Crippen LogP contribution in [-0.4, -0.2) is 29.9 Å². The molecule has 0 amide bonds. The van der Waals surface area contributed by atoms with E-state index >= 15 is 0 Å². The molecule has 0 bridgehead atoms. The highest BCUT2D eigenvalue weighted by molar-refractivity contribution is 7.15. The van der Waals surface area contributed by atoms with E-state index < -0.39 is 5.97 Å². The Labute approximate surface area is 105 Å². The van der Waals surface area contributed by atoms with Gasteiger partial charge in [0.15, 0.2) is 5.06 Å². The summed E-state index contributed by atoms with van der Waals surface area (Å²) in [6.07, 6.45) is 0. The fourth-order valence-corrected chi connectivity index (χ4v) is 2.08. The number of aryl methyl sites for hydroxylation is 1. The van der Waals surface area contributed by atoms with E-state index in [0.29, 0.717) is 23.2 Å². The van der Waals surface area contributed by atoms with Gasteiger partial charge in [0.1, 0.15) is 11.5 Å². The first-order chi connectivity index (χ1) is 7.79. The monoisotopic (exact) mass is 258 g/mol. The van der Waals surface area contributed by atoms with Gasteiger partial charge in [-0.25, -0.2) is 4.79 Å². The molecule has 0 saturated carbocycles. The summed E-state index contributed by atoms with van der Waals surface area (Å²) in [5, 5.41) is 9.48. The molecule has 1 aromatic heterocycles. The number of hydrogen-bond acceptors (Lipinski definition) is 4. The first-order valence-corrected chi connectivity index (χ1v) is 6.22. The molecule has 0 aliphatic carbocycles. The Bertz CT molecular complexity index is 390. The van der Waals surface area contributed by atoms with Gasteiger partial charge in [0.25, 0.3) is 0 Å². The Hall–Kier alpha value is -1.07. The fourth-order valence-electron chi connectivity index (χ4n) is 1.20. The SMILES string of the molecule is Cc1cc(C(=O)O)sc1OCCOC(C)(C)C.